The molecule has 0 bridgehead atoms. The molecule has 1 atom stereocenters. The number of benzene rings is 1. The fraction of sp³-hybridized carbons (Fsp3) is 0.333. The molecule has 0 aliphatic rings. The van der Waals surface area contributed by atoms with E-state index >= 15 is 0 Å². The summed E-state index contributed by atoms with van der Waals surface area (Å²) < 4.78 is 0. The second-order valence-electron chi connectivity index (χ2n) is 4.04. The third kappa shape index (κ3) is 3.97. The molecule has 5 N–H and O–H groups in total. The molecule has 6 heteroatoms. The van der Waals surface area contributed by atoms with Crippen molar-refractivity contribution in [1.29, 1.82) is 0 Å². The molecule has 0 aromatic heterocycles. The summed E-state index contributed by atoms with van der Waals surface area (Å²) in [5.74, 6) is -2.10. The third-order valence-corrected chi connectivity index (χ3v) is 2.56. The normalized spacial score (nSPS) is 11.8. The van der Waals surface area contributed by atoms with Gasteiger partial charge in [0.05, 0.1) is 0 Å². The van der Waals surface area contributed by atoms with Crippen LogP contribution in [-0.4, -0.2) is 28.2 Å². The van der Waals surface area contributed by atoms with Gasteiger partial charge in [0.15, 0.2) is 0 Å². The summed E-state index contributed by atoms with van der Waals surface area (Å²) in [6.07, 6.45) is -0.175. The zero-order chi connectivity index (χ0) is 13.7. The lowest BCUT2D eigenvalue weighted by Crippen LogP contribution is -2.29. The summed E-state index contributed by atoms with van der Waals surface area (Å²) in [6.45, 7) is 1.81. The number of hydrogen-bond acceptors (Lipinski definition) is 4. The molecule has 0 aliphatic heterocycles. The quantitative estimate of drug-likeness (QED) is 0.568. The first kappa shape index (κ1) is 13.8. The molecule has 1 aromatic rings. The van der Waals surface area contributed by atoms with Gasteiger partial charge >= 0.3 is 11.9 Å². The van der Waals surface area contributed by atoms with E-state index < -0.39 is 18.0 Å². The summed E-state index contributed by atoms with van der Waals surface area (Å²) in [6, 6.07) is 4.14. The number of aryl methyl sites for hydroxylation is 1. The van der Waals surface area contributed by atoms with Gasteiger partial charge in [-0.25, -0.2) is 4.79 Å². The van der Waals surface area contributed by atoms with Crippen LogP contribution in [0.3, 0.4) is 0 Å². The van der Waals surface area contributed by atoms with Crippen molar-refractivity contribution in [2.24, 2.45) is 0 Å². The average molecular weight is 252 g/mol. The van der Waals surface area contributed by atoms with Crippen LogP contribution in [0.4, 0.5) is 11.4 Å². The summed E-state index contributed by atoms with van der Waals surface area (Å²) >= 11 is 0. The minimum absolute atomic E-state index is 0.0219. The number of nitrogens with two attached hydrogens (primary N) is 1. The van der Waals surface area contributed by atoms with E-state index in [4.69, 9.17) is 15.9 Å². The van der Waals surface area contributed by atoms with Crippen molar-refractivity contribution < 1.29 is 19.8 Å². The van der Waals surface area contributed by atoms with E-state index in [1.165, 1.54) is 0 Å². The zero-order valence-electron chi connectivity index (χ0n) is 10.0. The minimum Gasteiger partial charge on any atom is -0.481 e. The molecule has 1 unspecified atom stereocenters. The van der Waals surface area contributed by atoms with Gasteiger partial charge in [-0.2, -0.15) is 0 Å². The molecule has 0 heterocycles. The molecule has 0 radical (unpaired) electrons. The second-order valence-corrected chi connectivity index (χ2v) is 4.04. The molecular weight excluding hydrogens is 236 g/mol. The number of carbonyl (C=O) groups is 2. The minimum atomic E-state index is -1.08. The number of rotatable bonds is 6. The number of anilines is 2. The smallest absolute Gasteiger partial charge is 0.326 e. The fourth-order valence-electron chi connectivity index (χ4n) is 1.49. The van der Waals surface area contributed by atoms with Crippen LogP contribution in [0.5, 0.6) is 0 Å². The Kier molecular flexibility index (Phi) is 4.53. The van der Waals surface area contributed by atoms with Gasteiger partial charge in [-0.1, -0.05) is 0 Å². The van der Waals surface area contributed by atoms with Gasteiger partial charge in [0.1, 0.15) is 6.04 Å². The van der Waals surface area contributed by atoms with Crippen molar-refractivity contribution >= 4 is 23.3 Å². The Labute approximate surface area is 104 Å². The fourth-order valence-corrected chi connectivity index (χ4v) is 1.49. The van der Waals surface area contributed by atoms with Crippen LogP contribution in [0.2, 0.25) is 0 Å². The van der Waals surface area contributed by atoms with Gasteiger partial charge in [-0.15, -0.1) is 0 Å². The van der Waals surface area contributed by atoms with Crippen LogP contribution in [0.1, 0.15) is 18.4 Å². The molecule has 98 valence electrons. The number of aliphatic carboxylic acids is 2. The van der Waals surface area contributed by atoms with E-state index in [2.05, 4.69) is 5.32 Å². The Morgan fingerprint density at radius 3 is 2.56 bits per heavy atom. The Morgan fingerprint density at radius 2 is 2.06 bits per heavy atom. The van der Waals surface area contributed by atoms with Crippen LogP contribution in [0.25, 0.3) is 0 Å². The van der Waals surface area contributed by atoms with Gasteiger partial charge in [-0.3, -0.25) is 4.79 Å². The number of nitrogen functional groups attached to an aromatic ring is 1. The molecule has 0 fully saturated rings. The highest BCUT2D eigenvalue weighted by Gasteiger charge is 2.18. The van der Waals surface area contributed by atoms with Gasteiger partial charge in [0.2, 0.25) is 0 Å². The van der Waals surface area contributed by atoms with Crippen LogP contribution in [0, 0.1) is 6.92 Å². The predicted molar refractivity (Wildman–Crippen MR) is 67.5 cm³/mol. The van der Waals surface area contributed by atoms with Gasteiger partial charge < -0.3 is 21.3 Å². The third-order valence-electron chi connectivity index (χ3n) is 2.56. The van der Waals surface area contributed by atoms with Gasteiger partial charge in [0, 0.05) is 17.8 Å². The van der Waals surface area contributed by atoms with Crippen molar-refractivity contribution in [3.63, 3.8) is 0 Å². The standard InChI is InChI=1S/C12H16N2O4/c1-7-6-8(2-3-9(7)13)14-10(12(17)18)4-5-11(15)16/h2-3,6,10,14H,4-5,13H2,1H3,(H,15,16)(H,17,18). The Balaban J connectivity index is 2.73. The summed E-state index contributed by atoms with van der Waals surface area (Å²) in [5, 5.41) is 20.3. The van der Waals surface area contributed by atoms with Gasteiger partial charge in [0.25, 0.3) is 0 Å². The topological polar surface area (TPSA) is 113 Å². The van der Waals surface area contributed by atoms with E-state index in [1.807, 2.05) is 6.92 Å². The van der Waals surface area contributed by atoms with E-state index in [-0.39, 0.29) is 12.8 Å². The summed E-state index contributed by atoms with van der Waals surface area (Å²) in [4.78, 5) is 21.4. The zero-order valence-corrected chi connectivity index (χ0v) is 10.0. The number of carboxylic acids is 2. The maximum absolute atomic E-state index is 11.0. The maximum Gasteiger partial charge on any atom is 0.326 e. The molecule has 1 aromatic carbocycles. The lowest BCUT2D eigenvalue weighted by molar-refractivity contribution is -0.139. The first-order valence-electron chi connectivity index (χ1n) is 5.47. The Bertz CT molecular complexity index is 459. The van der Waals surface area contributed by atoms with Crippen molar-refractivity contribution in [1.82, 2.24) is 0 Å². The molecule has 0 saturated heterocycles. The average Bonchev–Trinajstić information content (AvgIpc) is 2.28. The molecule has 1 rings (SSSR count). The number of nitrogens with one attached hydrogen (secondary N) is 1. The van der Waals surface area contributed by atoms with Crippen molar-refractivity contribution in [2.75, 3.05) is 11.1 Å². The van der Waals surface area contributed by atoms with Gasteiger partial charge in [-0.05, 0) is 37.1 Å². The van der Waals surface area contributed by atoms with E-state index in [9.17, 15) is 9.59 Å². The largest absolute Gasteiger partial charge is 0.481 e. The number of carboxylic acid groups (broad SMARTS) is 2. The predicted octanol–water partition coefficient (Wildman–Crippen LogP) is 1.31. The van der Waals surface area contributed by atoms with Crippen molar-refractivity contribution in [3.05, 3.63) is 23.8 Å². The van der Waals surface area contributed by atoms with Crippen LogP contribution >= 0.6 is 0 Å². The second kappa shape index (κ2) is 5.90. The highest BCUT2D eigenvalue weighted by Crippen LogP contribution is 2.18. The molecule has 0 saturated carbocycles. The molecule has 0 amide bonds. The maximum atomic E-state index is 11.0. The molecule has 6 nitrogen and oxygen atoms in total. The highest BCUT2D eigenvalue weighted by molar-refractivity contribution is 5.78. The summed E-state index contributed by atoms with van der Waals surface area (Å²) in [5.41, 5.74) is 7.73. The molecule has 18 heavy (non-hydrogen) atoms. The Morgan fingerprint density at radius 1 is 1.39 bits per heavy atom. The van der Waals surface area contributed by atoms with Crippen LogP contribution in [0.15, 0.2) is 18.2 Å². The lowest BCUT2D eigenvalue weighted by atomic mass is 10.1. The monoisotopic (exact) mass is 252 g/mol. The van der Waals surface area contributed by atoms with Crippen molar-refractivity contribution in [3.8, 4) is 0 Å². The Hall–Kier alpha value is -2.24. The van der Waals surface area contributed by atoms with Crippen LogP contribution < -0.4 is 11.1 Å². The highest BCUT2D eigenvalue weighted by atomic mass is 16.4. The van der Waals surface area contributed by atoms with Crippen molar-refractivity contribution in [2.45, 2.75) is 25.8 Å². The van der Waals surface area contributed by atoms with E-state index in [0.717, 1.165) is 5.56 Å². The SMILES string of the molecule is Cc1cc(NC(CCC(=O)O)C(=O)O)ccc1N. The first-order chi connectivity index (χ1) is 8.40. The first-order valence-corrected chi connectivity index (χ1v) is 5.47. The molecule has 0 spiro atoms. The number of hydrogen-bond donors (Lipinski definition) is 4. The lowest BCUT2D eigenvalue weighted by Gasteiger charge is -2.15. The van der Waals surface area contributed by atoms with E-state index in [1.54, 1.807) is 18.2 Å². The van der Waals surface area contributed by atoms with E-state index in [0.29, 0.717) is 11.4 Å². The summed E-state index contributed by atoms with van der Waals surface area (Å²) in [7, 11) is 0. The molecule has 0 aliphatic carbocycles. The molecular formula is C12H16N2O4. The van der Waals surface area contributed by atoms with Crippen LogP contribution in [-0.2, 0) is 9.59 Å².